The Hall–Kier alpha value is -2.88. The fourth-order valence-electron chi connectivity index (χ4n) is 4.53. The van der Waals surface area contributed by atoms with Crippen molar-refractivity contribution in [2.75, 3.05) is 0 Å². The third kappa shape index (κ3) is 9.06. The summed E-state index contributed by atoms with van der Waals surface area (Å²) in [4.78, 5) is 24.9. The van der Waals surface area contributed by atoms with Crippen LogP contribution in [0.1, 0.15) is 43.0 Å². The topological polar surface area (TPSA) is 34.1 Å². The van der Waals surface area contributed by atoms with E-state index in [0.29, 0.717) is 0 Å². The van der Waals surface area contributed by atoms with Gasteiger partial charge in [0.15, 0.2) is 0 Å². The van der Waals surface area contributed by atoms with E-state index in [9.17, 15) is 9.59 Å². The summed E-state index contributed by atoms with van der Waals surface area (Å²) in [6.45, 7) is 7.00. The van der Waals surface area contributed by atoms with E-state index in [1.54, 1.807) is 0 Å². The molecular formula is C36H34Cl2O2SiZr-4. The van der Waals surface area contributed by atoms with Crippen LogP contribution in [0, 0.1) is 28.7 Å². The first kappa shape index (κ1) is 39.1. The summed E-state index contributed by atoms with van der Waals surface area (Å²) < 4.78 is 0. The van der Waals surface area contributed by atoms with Gasteiger partial charge < -0.3 is 24.4 Å². The Bertz CT molecular complexity index is 1540. The van der Waals surface area contributed by atoms with Crippen LogP contribution in [-0.4, -0.2) is 18.4 Å². The Labute approximate surface area is 279 Å². The van der Waals surface area contributed by atoms with E-state index < -0.39 is 0 Å². The molecule has 0 aliphatic carbocycles. The van der Waals surface area contributed by atoms with Crippen molar-refractivity contribution in [1.82, 2.24) is 0 Å². The Morgan fingerprint density at radius 1 is 0.548 bits per heavy atom. The molecule has 0 aliphatic rings. The van der Waals surface area contributed by atoms with E-state index in [0.717, 1.165) is 54.9 Å². The van der Waals surface area contributed by atoms with Gasteiger partial charge in [0.05, 0.1) is 0 Å². The molecule has 0 aliphatic heterocycles. The molecule has 6 rings (SSSR count). The fraction of sp³-hybridized carbons (Fsp3) is 0.0556. The number of fused-ring (bicyclic) bond motifs is 2. The van der Waals surface area contributed by atoms with Gasteiger partial charge in [-0.3, -0.25) is 0 Å². The molecular weight excluding hydrogens is 655 g/mol. The molecule has 2 radical (unpaired) electrons. The molecule has 0 spiro atoms. The van der Waals surface area contributed by atoms with Crippen LogP contribution >= 0.6 is 24.8 Å². The number of hydrogen-bond acceptors (Lipinski definition) is 2. The van der Waals surface area contributed by atoms with E-state index >= 15 is 0 Å². The van der Waals surface area contributed by atoms with Gasteiger partial charge in [-0.15, -0.1) is 82.8 Å². The van der Waals surface area contributed by atoms with Gasteiger partial charge in [-0.05, 0) is 36.1 Å². The van der Waals surface area contributed by atoms with Crippen LogP contribution in [0.15, 0.2) is 121 Å². The summed E-state index contributed by atoms with van der Waals surface area (Å²) in [6.07, 6.45) is 0. The standard InChI is InChI=1S/2C17H13O.2CH3.2ClH.Si.Zr/c2*1-12-6-2-5-9-16(12)17(18)15-10-13-7-3-4-8-14(13)11-15;;;;;;/h2*2-11H,1H3;2*1H3;2*1H;;/q4*-1;;;;. The molecule has 6 aromatic rings. The fourth-order valence-corrected chi connectivity index (χ4v) is 4.53. The predicted octanol–water partition coefficient (Wildman–Crippen LogP) is 9.56. The van der Waals surface area contributed by atoms with E-state index in [4.69, 9.17) is 0 Å². The molecule has 0 bridgehead atoms. The number of carbonyl (C=O) groups excluding carboxylic acids is 2. The molecule has 0 unspecified atom stereocenters. The quantitative estimate of drug-likeness (QED) is 0.105. The number of benzene rings is 4. The molecule has 6 aromatic carbocycles. The van der Waals surface area contributed by atoms with Crippen LogP contribution in [0.3, 0.4) is 0 Å². The minimum atomic E-state index is 0. The van der Waals surface area contributed by atoms with Crippen LogP contribution in [0.25, 0.3) is 21.5 Å². The molecule has 0 atom stereocenters. The van der Waals surface area contributed by atoms with Gasteiger partial charge in [0, 0.05) is 0 Å². The van der Waals surface area contributed by atoms with E-state index in [1.807, 2.05) is 135 Å². The van der Waals surface area contributed by atoms with Crippen molar-refractivity contribution in [2.24, 2.45) is 0 Å². The minimum absolute atomic E-state index is 0. The zero-order valence-electron chi connectivity index (χ0n) is 24.2. The average molecular weight is 689 g/mol. The molecule has 0 heterocycles. The van der Waals surface area contributed by atoms with Gasteiger partial charge >= 0.3 is 30.2 Å². The van der Waals surface area contributed by atoms with Crippen LogP contribution in [0.2, 0.25) is 0 Å². The number of hydrogen-bond donors (Lipinski definition) is 0. The van der Waals surface area contributed by atoms with Crippen LogP contribution < -0.4 is 0 Å². The number of carbonyl (C=O) groups is 2. The zero-order chi connectivity index (χ0) is 27.1. The van der Waals surface area contributed by atoms with Gasteiger partial charge in [-0.1, -0.05) is 96.1 Å². The van der Waals surface area contributed by atoms with Gasteiger partial charge in [0.1, 0.15) is 11.6 Å². The first-order valence-corrected chi connectivity index (χ1v) is 16.5. The van der Waals surface area contributed by atoms with E-state index in [1.165, 1.54) is 23.3 Å². The molecule has 2 nitrogen and oxygen atoms in total. The van der Waals surface area contributed by atoms with E-state index in [-0.39, 0.29) is 51.2 Å². The monoisotopic (exact) mass is 686 g/mol. The summed E-state index contributed by atoms with van der Waals surface area (Å²) in [7, 11) is 0. The summed E-state index contributed by atoms with van der Waals surface area (Å²) >= 11 is 1.36. The molecule has 0 fully saturated rings. The van der Waals surface area contributed by atoms with Crippen molar-refractivity contribution in [3.8, 4) is 0 Å². The Balaban J connectivity index is 0.000000694. The molecule has 0 saturated carbocycles. The molecule has 42 heavy (non-hydrogen) atoms. The van der Waals surface area contributed by atoms with Gasteiger partial charge in [0.2, 0.25) is 0 Å². The molecule has 0 amide bonds. The first-order valence-electron chi connectivity index (χ1n) is 12.3. The molecule has 0 aromatic heterocycles. The van der Waals surface area contributed by atoms with Crippen molar-refractivity contribution >= 4 is 64.8 Å². The Morgan fingerprint density at radius 2 is 0.857 bits per heavy atom. The normalized spacial score (nSPS) is 9.26. The summed E-state index contributed by atoms with van der Waals surface area (Å²) in [6, 6.07) is 39.4. The van der Waals surface area contributed by atoms with Crippen LogP contribution in [0.4, 0.5) is 0 Å². The third-order valence-corrected chi connectivity index (χ3v) is 6.54. The number of ketones is 2. The van der Waals surface area contributed by atoms with Crippen molar-refractivity contribution < 1.29 is 32.9 Å². The Kier molecular flexibility index (Phi) is 17.3. The van der Waals surface area contributed by atoms with E-state index in [2.05, 4.69) is 6.88 Å². The van der Waals surface area contributed by atoms with Crippen LogP contribution in [0.5, 0.6) is 0 Å². The molecule has 216 valence electrons. The maximum absolute atomic E-state index is 12.4. The van der Waals surface area contributed by atoms with Crippen molar-refractivity contribution in [1.29, 1.82) is 0 Å². The van der Waals surface area contributed by atoms with Crippen molar-refractivity contribution in [2.45, 2.75) is 13.8 Å². The number of rotatable bonds is 4. The first-order chi connectivity index (χ1) is 18.5. The van der Waals surface area contributed by atoms with Crippen molar-refractivity contribution in [3.63, 3.8) is 0 Å². The van der Waals surface area contributed by atoms with Gasteiger partial charge in [-0.2, -0.15) is 0 Å². The second-order valence-corrected chi connectivity index (χ2v) is 9.03. The SMILES string of the molecule is Cc1ccccc1C(=O)c1cc2ccccc2[cH-]1.Cc1ccccc1C(=O)c1cc2ccccc2[cH-]1.Cl.Cl.[CH3-].[CH3-].[Si]=[Zr]. The predicted molar refractivity (Wildman–Crippen MR) is 181 cm³/mol. The van der Waals surface area contributed by atoms with Crippen LogP contribution in [-0.2, 0) is 23.3 Å². The molecule has 6 heteroatoms. The number of halogens is 2. The third-order valence-electron chi connectivity index (χ3n) is 6.54. The van der Waals surface area contributed by atoms with Gasteiger partial charge in [-0.25, -0.2) is 0 Å². The summed E-state index contributed by atoms with van der Waals surface area (Å²) in [5.41, 5.74) is 5.15. The van der Waals surface area contributed by atoms with Gasteiger partial charge in [0.25, 0.3) is 0 Å². The average Bonchev–Trinajstić information content (AvgIpc) is 3.59. The Morgan fingerprint density at radius 3 is 1.19 bits per heavy atom. The second kappa shape index (κ2) is 18.6. The molecule has 0 N–H and O–H groups in total. The summed E-state index contributed by atoms with van der Waals surface area (Å²) in [5, 5.41) is 4.48. The summed E-state index contributed by atoms with van der Waals surface area (Å²) in [5.74, 6) is 0.202. The second-order valence-electron chi connectivity index (χ2n) is 9.03. The molecule has 0 saturated heterocycles. The maximum atomic E-state index is 12.4. The zero-order valence-corrected chi connectivity index (χ0v) is 29.3. The van der Waals surface area contributed by atoms with Crippen molar-refractivity contribution in [3.05, 3.63) is 170 Å². The number of aryl methyl sites for hydroxylation is 2.